The van der Waals surface area contributed by atoms with Gasteiger partial charge in [0.2, 0.25) is 0 Å². The monoisotopic (exact) mass is 205 g/mol. The van der Waals surface area contributed by atoms with Gasteiger partial charge in [0.25, 0.3) is 0 Å². The van der Waals surface area contributed by atoms with Crippen LogP contribution in [0.3, 0.4) is 0 Å². The molecule has 0 saturated heterocycles. The van der Waals surface area contributed by atoms with Gasteiger partial charge in [0.15, 0.2) is 0 Å². The van der Waals surface area contributed by atoms with Crippen LogP contribution >= 0.6 is 0 Å². The van der Waals surface area contributed by atoms with E-state index in [9.17, 15) is 0 Å². The van der Waals surface area contributed by atoms with Gasteiger partial charge in [-0.25, -0.2) is 0 Å². The summed E-state index contributed by atoms with van der Waals surface area (Å²) in [7, 11) is 0. The lowest BCUT2D eigenvalue weighted by molar-refractivity contribution is 0.473. The van der Waals surface area contributed by atoms with Crippen LogP contribution in [-0.4, -0.2) is 18.1 Å². The summed E-state index contributed by atoms with van der Waals surface area (Å²) in [5.41, 5.74) is 4.55. The fourth-order valence-corrected chi connectivity index (χ4v) is 3.16. The Labute approximate surface area is 91.0 Å². The molecule has 0 aromatic heterocycles. The highest BCUT2D eigenvalue weighted by atomic mass is 15.3. The Balaban J connectivity index is 1.59. The first-order chi connectivity index (χ1) is 7.40. The Morgan fingerprint density at radius 1 is 1.20 bits per heavy atom. The second-order valence-electron chi connectivity index (χ2n) is 5.18. The largest absolute Gasteiger partial charge is 0.271 e. The molecule has 3 heteroatoms. The zero-order valence-electron chi connectivity index (χ0n) is 9.21. The molecule has 2 saturated carbocycles. The molecule has 3 rings (SSSR count). The minimum absolute atomic E-state index is 0.940. The number of aliphatic imine (C=N–C) groups is 1. The van der Waals surface area contributed by atoms with Crippen LogP contribution in [-0.2, 0) is 0 Å². The molecule has 2 atom stereocenters. The lowest BCUT2D eigenvalue weighted by Crippen LogP contribution is -2.22. The molecule has 2 bridgehead atoms. The van der Waals surface area contributed by atoms with Gasteiger partial charge in [-0.3, -0.25) is 10.4 Å². The SMILES string of the molecule is C1CN=C(NN=C2C[C@H]3CC[C@@H](C2)C3)C1. The van der Waals surface area contributed by atoms with Crippen LogP contribution in [0.2, 0.25) is 0 Å². The van der Waals surface area contributed by atoms with E-state index < -0.39 is 0 Å². The van der Waals surface area contributed by atoms with Gasteiger partial charge in [-0.1, -0.05) is 0 Å². The van der Waals surface area contributed by atoms with Gasteiger partial charge in [-0.05, 0) is 50.4 Å². The third-order valence-electron chi connectivity index (χ3n) is 3.92. The van der Waals surface area contributed by atoms with E-state index in [1.54, 1.807) is 0 Å². The van der Waals surface area contributed by atoms with Crippen LogP contribution in [0, 0.1) is 11.8 Å². The summed E-state index contributed by atoms with van der Waals surface area (Å²) in [6, 6.07) is 0. The summed E-state index contributed by atoms with van der Waals surface area (Å²) in [4.78, 5) is 4.37. The maximum Gasteiger partial charge on any atom is 0.117 e. The lowest BCUT2D eigenvalue weighted by Gasteiger charge is -2.20. The molecule has 82 valence electrons. The van der Waals surface area contributed by atoms with Crippen molar-refractivity contribution in [3.05, 3.63) is 0 Å². The molecule has 0 aromatic carbocycles. The van der Waals surface area contributed by atoms with Crippen molar-refractivity contribution in [3.63, 3.8) is 0 Å². The Hall–Kier alpha value is -0.860. The first-order valence-electron chi connectivity index (χ1n) is 6.25. The predicted molar refractivity (Wildman–Crippen MR) is 62.2 cm³/mol. The average Bonchev–Trinajstić information content (AvgIpc) is 2.86. The van der Waals surface area contributed by atoms with E-state index in [1.807, 2.05) is 0 Å². The highest BCUT2D eigenvalue weighted by Crippen LogP contribution is 2.40. The maximum absolute atomic E-state index is 4.54. The highest BCUT2D eigenvalue weighted by molar-refractivity contribution is 5.89. The Kier molecular flexibility index (Phi) is 2.47. The van der Waals surface area contributed by atoms with Crippen LogP contribution < -0.4 is 5.43 Å². The molecule has 1 N–H and O–H groups in total. The van der Waals surface area contributed by atoms with Gasteiger partial charge in [-0.15, -0.1) is 0 Å². The molecule has 0 spiro atoms. The van der Waals surface area contributed by atoms with E-state index in [1.165, 1.54) is 44.2 Å². The zero-order valence-corrected chi connectivity index (χ0v) is 9.21. The van der Waals surface area contributed by atoms with Crippen LogP contribution in [0.15, 0.2) is 10.1 Å². The topological polar surface area (TPSA) is 36.8 Å². The van der Waals surface area contributed by atoms with Gasteiger partial charge in [-0.2, -0.15) is 5.10 Å². The predicted octanol–water partition coefficient (Wildman–Crippen LogP) is 2.33. The average molecular weight is 205 g/mol. The van der Waals surface area contributed by atoms with Crippen LogP contribution in [0.5, 0.6) is 0 Å². The molecule has 3 nitrogen and oxygen atoms in total. The molecule has 0 radical (unpaired) electrons. The fourth-order valence-electron chi connectivity index (χ4n) is 3.16. The number of hydrogen-bond acceptors (Lipinski definition) is 3. The van der Waals surface area contributed by atoms with E-state index in [4.69, 9.17) is 0 Å². The molecule has 0 aromatic rings. The minimum Gasteiger partial charge on any atom is -0.271 e. The standard InChI is InChI=1S/C12H19N3/c1-2-12(13-5-1)15-14-11-7-9-3-4-10(6-9)8-11/h9-10H,1-8H2,(H,13,15)/t9-,10+. The van der Waals surface area contributed by atoms with Crippen molar-refractivity contribution in [1.29, 1.82) is 0 Å². The summed E-state index contributed by atoms with van der Waals surface area (Å²) < 4.78 is 0. The molecule has 2 aliphatic carbocycles. The van der Waals surface area contributed by atoms with Gasteiger partial charge in [0.1, 0.15) is 5.84 Å². The van der Waals surface area contributed by atoms with E-state index in [0.29, 0.717) is 0 Å². The second kappa shape index (κ2) is 3.95. The number of hydrogen-bond donors (Lipinski definition) is 1. The molecular formula is C12H19N3. The van der Waals surface area contributed by atoms with Gasteiger partial charge in [0, 0.05) is 18.7 Å². The number of amidine groups is 1. The Morgan fingerprint density at radius 2 is 2.00 bits per heavy atom. The third-order valence-corrected chi connectivity index (χ3v) is 3.92. The molecule has 0 unspecified atom stereocenters. The fraction of sp³-hybridized carbons (Fsp3) is 0.833. The van der Waals surface area contributed by atoms with Crippen molar-refractivity contribution in [3.8, 4) is 0 Å². The maximum atomic E-state index is 4.54. The van der Waals surface area contributed by atoms with Crippen molar-refractivity contribution in [2.75, 3.05) is 6.54 Å². The van der Waals surface area contributed by atoms with Crippen LogP contribution in [0.1, 0.15) is 44.9 Å². The van der Waals surface area contributed by atoms with Crippen LogP contribution in [0.4, 0.5) is 0 Å². The molecule has 1 heterocycles. The van der Waals surface area contributed by atoms with Crippen molar-refractivity contribution >= 4 is 11.5 Å². The smallest absolute Gasteiger partial charge is 0.117 e. The molecular weight excluding hydrogens is 186 g/mol. The molecule has 15 heavy (non-hydrogen) atoms. The van der Waals surface area contributed by atoms with Crippen molar-refractivity contribution < 1.29 is 0 Å². The van der Waals surface area contributed by atoms with Gasteiger partial charge in [0.05, 0.1) is 0 Å². The number of nitrogens with zero attached hydrogens (tertiary/aromatic N) is 2. The Bertz CT molecular complexity index is 292. The Morgan fingerprint density at radius 3 is 2.67 bits per heavy atom. The zero-order chi connectivity index (χ0) is 10.1. The van der Waals surface area contributed by atoms with Crippen molar-refractivity contribution in [2.45, 2.75) is 44.9 Å². The summed E-state index contributed by atoms with van der Waals surface area (Å²) >= 11 is 0. The van der Waals surface area contributed by atoms with E-state index in [-0.39, 0.29) is 0 Å². The van der Waals surface area contributed by atoms with Crippen molar-refractivity contribution in [1.82, 2.24) is 5.43 Å². The highest BCUT2D eigenvalue weighted by Gasteiger charge is 2.31. The van der Waals surface area contributed by atoms with E-state index in [2.05, 4.69) is 15.5 Å². The first-order valence-corrected chi connectivity index (χ1v) is 6.25. The molecule has 2 fully saturated rings. The van der Waals surface area contributed by atoms with Gasteiger partial charge < -0.3 is 0 Å². The lowest BCUT2D eigenvalue weighted by atomic mass is 9.88. The number of fused-ring (bicyclic) bond motifs is 2. The quantitative estimate of drug-likeness (QED) is 0.655. The summed E-state index contributed by atoms with van der Waals surface area (Å²) in [6.07, 6.45) is 9.07. The van der Waals surface area contributed by atoms with E-state index in [0.717, 1.165) is 30.6 Å². The van der Waals surface area contributed by atoms with Gasteiger partial charge >= 0.3 is 0 Å². The van der Waals surface area contributed by atoms with Crippen molar-refractivity contribution in [2.24, 2.45) is 21.9 Å². The second-order valence-corrected chi connectivity index (χ2v) is 5.18. The van der Waals surface area contributed by atoms with E-state index >= 15 is 0 Å². The number of hydrazone groups is 1. The summed E-state index contributed by atoms with van der Waals surface area (Å²) in [5.74, 6) is 2.98. The number of nitrogens with one attached hydrogen (secondary N) is 1. The third kappa shape index (κ3) is 2.06. The molecule has 1 aliphatic heterocycles. The minimum atomic E-state index is 0.940. The first kappa shape index (κ1) is 9.37. The number of rotatable bonds is 1. The summed E-state index contributed by atoms with van der Waals surface area (Å²) in [5, 5.41) is 4.54. The summed E-state index contributed by atoms with van der Waals surface area (Å²) in [6.45, 7) is 0.985. The molecule has 3 aliphatic rings. The normalized spacial score (nSPS) is 37.1. The van der Waals surface area contributed by atoms with Crippen LogP contribution in [0.25, 0.3) is 0 Å². The molecule has 0 amide bonds.